The van der Waals surface area contributed by atoms with E-state index in [0.717, 1.165) is 41.7 Å². The summed E-state index contributed by atoms with van der Waals surface area (Å²) in [6, 6.07) is 16.4. The third kappa shape index (κ3) is 3.95. The van der Waals surface area contributed by atoms with E-state index < -0.39 is 0 Å². The van der Waals surface area contributed by atoms with Gasteiger partial charge in [-0.1, -0.05) is 36.4 Å². The van der Waals surface area contributed by atoms with E-state index in [9.17, 15) is 4.79 Å². The zero-order valence-electron chi connectivity index (χ0n) is 14.0. The molecule has 3 N–H and O–H groups in total. The Balaban J connectivity index is 1.59. The van der Waals surface area contributed by atoms with Crippen LogP contribution in [0.3, 0.4) is 0 Å². The lowest BCUT2D eigenvalue weighted by molar-refractivity contribution is -0.125. The van der Waals surface area contributed by atoms with Gasteiger partial charge in [0.1, 0.15) is 5.75 Å². The van der Waals surface area contributed by atoms with Gasteiger partial charge in [-0.2, -0.15) is 0 Å². The molecule has 0 spiro atoms. The monoisotopic (exact) mass is 324 g/mol. The average Bonchev–Trinajstić information content (AvgIpc) is 3.06. The minimum atomic E-state index is 0.0797. The molecule has 0 saturated heterocycles. The molecule has 4 nitrogen and oxygen atoms in total. The van der Waals surface area contributed by atoms with E-state index in [0.29, 0.717) is 6.54 Å². The number of carbonyl (C=O) groups excluding carboxylic acids is 1. The lowest BCUT2D eigenvalue weighted by Gasteiger charge is -2.11. The van der Waals surface area contributed by atoms with Crippen molar-refractivity contribution in [2.75, 3.05) is 7.11 Å². The summed E-state index contributed by atoms with van der Waals surface area (Å²) in [6.07, 6.45) is 2.66. The van der Waals surface area contributed by atoms with E-state index in [1.165, 1.54) is 0 Å². The highest BCUT2D eigenvalue weighted by Crippen LogP contribution is 2.25. The summed E-state index contributed by atoms with van der Waals surface area (Å²) in [5.74, 6) is 1.05. The van der Waals surface area contributed by atoms with Crippen LogP contribution in [0, 0.1) is 5.92 Å². The highest BCUT2D eigenvalue weighted by molar-refractivity contribution is 5.79. The zero-order valence-corrected chi connectivity index (χ0v) is 14.0. The Morgan fingerprint density at radius 3 is 2.62 bits per heavy atom. The van der Waals surface area contributed by atoms with Crippen LogP contribution in [0.5, 0.6) is 5.75 Å². The maximum atomic E-state index is 12.1. The van der Waals surface area contributed by atoms with Crippen LogP contribution in [0.25, 0.3) is 11.1 Å². The molecule has 1 aliphatic carbocycles. The van der Waals surface area contributed by atoms with Gasteiger partial charge in [-0.15, -0.1) is 0 Å². The summed E-state index contributed by atoms with van der Waals surface area (Å²) in [5, 5.41) is 3.02. The van der Waals surface area contributed by atoms with Gasteiger partial charge in [-0.25, -0.2) is 0 Å². The fourth-order valence-corrected chi connectivity index (χ4v) is 3.21. The zero-order chi connectivity index (χ0) is 16.9. The van der Waals surface area contributed by atoms with Crippen molar-refractivity contribution in [3.8, 4) is 16.9 Å². The first-order chi connectivity index (χ1) is 11.7. The second-order valence-electron chi connectivity index (χ2n) is 6.42. The molecule has 0 heterocycles. The van der Waals surface area contributed by atoms with Crippen LogP contribution in [0.1, 0.15) is 24.8 Å². The molecular weight excluding hydrogens is 300 g/mol. The summed E-state index contributed by atoms with van der Waals surface area (Å²) < 4.78 is 5.26. The topological polar surface area (TPSA) is 64.3 Å². The van der Waals surface area contributed by atoms with Crippen LogP contribution in [0.2, 0.25) is 0 Å². The maximum absolute atomic E-state index is 12.1. The second kappa shape index (κ2) is 7.49. The van der Waals surface area contributed by atoms with Crippen molar-refractivity contribution in [2.45, 2.75) is 31.8 Å². The maximum Gasteiger partial charge on any atom is 0.223 e. The number of carbonyl (C=O) groups is 1. The number of amides is 1. The number of nitrogens with two attached hydrogens (primary N) is 1. The van der Waals surface area contributed by atoms with E-state index in [1.807, 2.05) is 18.2 Å². The van der Waals surface area contributed by atoms with Gasteiger partial charge in [-0.05, 0) is 48.1 Å². The van der Waals surface area contributed by atoms with Gasteiger partial charge in [0.25, 0.3) is 0 Å². The number of nitrogens with one attached hydrogen (secondary N) is 1. The molecule has 4 heteroatoms. The normalized spacial score (nSPS) is 19.9. The van der Waals surface area contributed by atoms with Crippen LogP contribution in [0.15, 0.2) is 48.5 Å². The second-order valence-corrected chi connectivity index (χ2v) is 6.42. The van der Waals surface area contributed by atoms with Crippen LogP contribution < -0.4 is 15.8 Å². The van der Waals surface area contributed by atoms with Crippen molar-refractivity contribution in [3.05, 3.63) is 54.1 Å². The summed E-state index contributed by atoms with van der Waals surface area (Å²) in [7, 11) is 1.67. The molecule has 1 aliphatic rings. The van der Waals surface area contributed by atoms with Crippen LogP contribution in [-0.2, 0) is 11.3 Å². The Labute approximate surface area is 143 Å². The smallest absolute Gasteiger partial charge is 0.223 e. The van der Waals surface area contributed by atoms with Gasteiger partial charge in [0, 0.05) is 18.5 Å². The number of methoxy groups -OCH3 is 1. The predicted molar refractivity (Wildman–Crippen MR) is 95.6 cm³/mol. The molecule has 0 aromatic heterocycles. The molecule has 1 fully saturated rings. The Kier molecular flexibility index (Phi) is 5.16. The molecule has 126 valence electrons. The van der Waals surface area contributed by atoms with Gasteiger partial charge >= 0.3 is 0 Å². The van der Waals surface area contributed by atoms with Crippen molar-refractivity contribution < 1.29 is 9.53 Å². The third-order valence-electron chi connectivity index (χ3n) is 4.67. The number of rotatable bonds is 5. The lowest BCUT2D eigenvalue weighted by Crippen LogP contribution is -2.29. The molecule has 0 radical (unpaired) electrons. The van der Waals surface area contributed by atoms with Crippen molar-refractivity contribution in [1.82, 2.24) is 5.32 Å². The highest BCUT2D eigenvalue weighted by atomic mass is 16.5. The fraction of sp³-hybridized carbons (Fsp3) is 0.350. The highest BCUT2D eigenvalue weighted by Gasteiger charge is 2.27. The lowest BCUT2D eigenvalue weighted by atomic mass is 10.0. The van der Waals surface area contributed by atoms with Gasteiger partial charge < -0.3 is 15.8 Å². The third-order valence-corrected chi connectivity index (χ3v) is 4.67. The summed E-state index contributed by atoms with van der Waals surface area (Å²) >= 11 is 0. The molecule has 0 bridgehead atoms. The summed E-state index contributed by atoms with van der Waals surface area (Å²) in [6.45, 7) is 0.558. The van der Waals surface area contributed by atoms with E-state index in [-0.39, 0.29) is 17.9 Å². The van der Waals surface area contributed by atoms with E-state index in [1.54, 1.807) is 7.11 Å². The van der Waals surface area contributed by atoms with Gasteiger partial charge in [-0.3, -0.25) is 4.79 Å². The summed E-state index contributed by atoms with van der Waals surface area (Å²) in [4.78, 5) is 12.1. The molecule has 2 atom stereocenters. The molecular formula is C20H24N2O2. The largest absolute Gasteiger partial charge is 0.497 e. The Hall–Kier alpha value is -2.33. The number of ether oxygens (including phenoxy) is 1. The number of hydrogen-bond acceptors (Lipinski definition) is 3. The molecule has 2 unspecified atom stereocenters. The van der Waals surface area contributed by atoms with Crippen molar-refractivity contribution >= 4 is 5.91 Å². The van der Waals surface area contributed by atoms with Gasteiger partial charge in [0.2, 0.25) is 5.91 Å². The van der Waals surface area contributed by atoms with E-state index in [4.69, 9.17) is 10.5 Å². The fourth-order valence-electron chi connectivity index (χ4n) is 3.21. The minimum Gasteiger partial charge on any atom is -0.497 e. The number of benzene rings is 2. The molecule has 0 aliphatic heterocycles. The van der Waals surface area contributed by atoms with E-state index in [2.05, 4.69) is 35.6 Å². The Morgan fingerprint density at radius 1 is 1.17 bits per heavy atom. The molecule has 24 heavy (non-hydrogen) atoms. The molecule has 1 saturated carbocycles. The predicted octanol–water partition coefficient (Wildman–Crippen LogP) is 3.11. The van der Waals surface area contributed by atoms with Gasteiger partial charge in [0.15, 0.2) is 0 Å². The standard InChI is InChI=1S/C20H24N2O2/c1-24-19-4-2-3-16(12-19)15-7-5-14(6-8-15)13-22-20(23)17-9-10-18(21)11-17/h2-8,12,17-18H,9-11,13,21H2,1H3,(H,22,23). The number of hydrogen-bond donors (Lipinski definition) is 2. The van der Waals surface area contributed by atoms with Gasteiger partial charge in [0.05, 0.1) is 7.11 Å². The quantitative estimate of drug-likeness (QED) is 0.888. The average molecular weight is 324 g/mol. The first-order valence-electron chi connectivity index (χ1n) is 8.42. The van der Waals surface area contributed by atoms with Crippen molar-refractivity contribution in [2.24, 2.45) is 11.7 Å². The first kappa shape index (κ1) is 16.5. The van der Waals surface area contributed by atoms with Crippen molar-refractivity contribution in [1.29, 1.82) is 0 Å². The minimum absolute atomic E-state index is 0.0797. The van der Waals surface area contributed by atoms with Crippen LogP contribution in [-0.4, -0.2) is 19.1 Å². The SMILES string of the molecule is COc1cccc(-c2ccc(CNC(=O)C3CCC(N)C3)cc2)c1. The molecule has 2 aromatic carbocycles. The van der Waals surface area contributed by atoms with E-state index >= 15 is 0 Å². The summed E-state index contributed by atoms with van der Waals surface area (Å²) in [5.41, 5.74) is 9.21. The molecule has 3 rings (SSSR count). The molecule has 2 aromatic rings. The van der Waals surface area contributed by atoms with Crippen LogP contribution >= 0.6 is 0 Å². The molecule has 1 amide bonds. The first-order valence-corrected chi connectivity index (χ1v) is 8.42. The Morgan fingerprint density at radius 2 is 1.96 bits per heavy atom. The van der Waals surface area contributed by atoms with Crippen molar-refractivity contribution in [3.63, 3.8) is 0 Å². The Bertz CT molecular complexity index is 697. The van der Waals surface area contributed by atoms with Crippen LogP contribution in [0.4, 0.5) is 0 Å².